The summed E-state index contributed by atoms with van der Waals surface area (Å²) in [6.45, 7) is -0.546. The number of carbonyl (C=O) groups excluding carboxylic acids is 1. The third-order valence-corrected chi connectivity index (χ3v) is 2.77. The van der Waals surface area contributed by atoms with Crippen LogP contribution >= 0.6 is 23.2 Å². The van der Waals surface area contributed by atoms with Gasteiger partial charge in [-0.15, -0.1) is 5.23 Å². The summed E-state index contributed by atoms with van der Waals surface area (Å²) in [4.78, 5) is 10.6. The molecule has 10 heteroatoms. The zero-order valence-electron chi connectivity index (χ0n) is 9.00. The first-order chi connectivity index (χ1) is 8.64. The highest BCUT2D eigenvalue weighted by Crippen LogP contribution is 2.35. The van der Waals surface area contributed by atoms with Gasteiger partial charge in [-0.05, 0) is 11.6 Å². The topological polar surface area (TPSA) is 72.8 Å². The Hall–Kier alpha value is -1.22. The predicted molar refractivity (Wildman–Crippen MR) is 60.4 cm³/mol. The van der Waals surface area contributed by atoms with Crippen LogP contribution in [0.3, 0.4) is 0 Å². The molecular formula is C9H7Cl2F3N2O3. The molecule has 0 atom stereocenters. The molecule has 0 heterocycles. The van der Waals surface area contributed by atoms with Gasteiger partial charge in [0.25, 0.3) is 0 Å². The number of nitrogens with zero attached hydrogens (tertiary/aromatic N) is 1. The molecule has 0 aliphatic rings. The Morgan fingerprint density at radius 3 is 2.37 bits per heavy atom. The van der Waals surface area contributed by atoms with E-state index in [0.717, 1.165) is 0 Å². The van der Waals surface area contributed by atoms with Crippen LogP contribution in [0.5, 0.6) is 0 Å². The average Bonchev–Trinajstić information content (AvgIpc) is 2.25. The molecule has 0 fully saturated rings. The second-order valence-corrected chi connectivity index (χ2v) is 4.12. The van der Waals surface area contributed by atoms with Crippen LogP contribution in [0.4, 0.5) is 18.9 Å². The van der Waals surface area contributed by atoms with Crippen molar-refractivity contribution in [1.29, 1.82) is 0 Å². The summed E-state index contributed by atoms with van der Waals surface area (Å²) in [5.74, 6) is -2.13. The summed E-state index contributed by atoms with van der Waals surface area (Å²) < 4.78 is 35.9. The highest BCUT2D eigenvalue weighted by Gasteiger charge is 2.38. The smallest absolute Gasteiger partial charge is 0.344 e. The number of hydrogen-bond acceptors (Lipinski definition) is 4. The van der Waals surface area contributed by atoms with Gasteiger partial charge < -0.3 is 5.32 Å². The summed E-state index contributed by atoms with van der Waals surface area (Å²) in [6, 6.07) is 2.44. The van der Waals surface area contributed by atoms with Gasteiger partial charge in [-0.2, -0.15) is 13.2 Å². The van der Waals surface area contributed by atoms with Crippen molar-refractivity contribution < 1.29 is 28.4 Å². The number of anilines is 1. The number of benzene rings is 1. The molecule has 5 nitrogen and oxygen atoms in total. The van der Waals surface area contributed by atoms with E-state index in [1.807, 2.05) is 0 Å². The minimum Gasteiger partial charge on any atom is -0.344 e. The van der Waals surface area contributed by atoms with Gasteiger partial charge in [-0.25, -0.2) is 0 Å². The number of amides is 1. The lowest BCUT2D eigenvalue weighted by atomic mass is 10.2. The molecule has 0 saturated carbocycles. The number of nitrogens with one attached hydrogen (secondary N) is 1. The normalized spacial score (nSPS) is 11.3. The van der Waals surface area contributed by atoms with Crippen LogP contribution in [0.25, 0.3) is 0 Å². The number of alkyl halides is 3. The lowest BCUT2D eigenvalue weighted by Crippen LogP contribution is -2.36. The summed E-state index contributed by atoms with van der Waals surface area (Å²) >= 11 is 11.3. The first-order valence-electron chi connectivity index (χ1n) is 4.64. The summed E-state index contributed by atoms with van der Waals surface area (Å²) in [5.41, 5.74) is -0.367. The maximum absolute atomic E-state index is 12.0. The number of carbonyl (C=O) groups is 1. The zero-order valence-corrected chi connectivity index (χ0v) is 10.5. The Bertz CT molecular complexity index is 494. The average molecular weight is 319 g/mol. The Morgan fingerprint density at radius 2 is 1.89 bits per heavy atom. The molecule has 0 spiro atoms. The van der Waals surface area contributed by atoms with E-state index in [2.05, 4.69) is 0 Å². The van der Waals surface area contributed by atoms with E-state index < -0.39 is 24.3 Å². The van der Waals surface area contributed by atoms with E-state index in [1.165, 1.54) is 12.1 Å². The molecule has 1 aromatic rings. The van der Waals surface area contributed by atoms with E-state index in [4.69, 9.17) is 33.6 Å². The molecule has 0 aliphatic carbocycles. The molecule has 0 radical (unpaired) electrons. The van der Waals surface area contributed by atoms with Crippen LogP contribution in [0.15, 0.2) is 12.1 Å². The molecular weight excluding hydrogens is 312 g/mol. The number of rotatable bonds is 3. The fourth-order valence-electron chi connectivity index (χ4n) is 1.18. The van der Waals surface area contributed by atoms with E-state index in [9.17, 15) is 18.0 Å². The first kappa shape index (κ1) is 15.8. The molecule has 1 amide bonds. The van der Waals surface area contributed by atoms with Gasteiger partial charge in [-0.3, -0.25) is 15.2 Å². The first-order valence-corrected chi connectivity index (χ1v) is 5.40. The lowest BCUT2D eigenvalue weighted by Gasteiger charge is -2.15. The molecule has 0 bridgehead atoms. The molecule has 1 aromatic carbocycles. The second-order valence-electron chi connectivity index (χ2n) is 3.34. The van der Waals surface area contributed by atoms with Crippen molar-refractivity contribution in [2.24, 2.45) is 0 Å². The fourth-order valence-corrected chi connectivity index (χ4v) is 1.77. The molecule has 0 unspecified atom stereocenters. The van der Waals surface area contributed by atoms with Crippen molar-refractivity contribution in [2.45, 2.75) is 12.7 Å². The van der Waals surface area contributed by atoms with E-state index in [1.54, 1.807) is 5.32 Å². The predicted octanol–water partition coefficient (Wildman–Crippen LogP) is 2.76. The summed E-state index contributed by atoms with van der Waals surface area (Å²) in [5, 5.41) is 18.6. The molecule has 19 heavy (non-hydrogen) atoms. The van der Waals surface area contributed by atoms with Crippen LogP contribution in [-0.4, -0.2) is 22.5 Å². The molecule has 3 N–H and O–H groups in total. The van der Waals surface area contributed by atoms with Gasteiger partial charge in [0.2, 0.25) is 0 Å². The molecule has 0 aliphatic heterocycles. The molecule has 0 aromatic heterocycles. The van der Waals surface area contributed by atoms with E-state index in [0.29, 0.717) is 0 Å². The molecule has 0 saturated heterocycles. The third kappa shape index (κ3) is 3.87. The zero-order chi connectivity index (χ0) is 14.8. The van der Waals surface area contributed by atoms with Gasteiger partial charge in [0.05, 0.1) is 10.0 Å². The highest BCUT2D eigenvalue weighted by atomic mass is 35.5. The van der Waals surface area contributed by atoms with Gasteiger partial charge in [0, 0.05) is 6.54 Å². The van der Waals surface area contributed by atoms with Gasteiger partial charge >= 0.3 is 12.1 Å². The van der Waals surface area contributed by atoms with Crippen molar-refractivity contribution in [1.82, 2.24) is 5.32 Å². The Balaban J connectivity index is 2.92. The Labute approximate surface area is 115 Å². The van der Waals surface area contributed by atoms with Gasteiger partial charge in [0.15, 0.2) is 0 Å². The van der Waals surface area contributed by atoms with Crippen molar-refractivity contribution in [3.8, 4) is 0 Å². The SMILES string of the molecule is O=C(NCc1ccc(Cl)c(N(O)O)c1Cl)C(F)(F)F. The minimum atomic E-state index is -5.01. The van der Waals surface area contributed by atoms with Crippen LogP contribution in [0.2, 0.25) is 10.0 Å². The van der Waals surface area contributed by atoms with E-state index >= 15 is 0 Å². The fraction of sp³-hybridized carbons (Fsp3) is 0.222. The molecule has 1 rings (SSSR count). The maximum Gasteiger partial charge on any atom is 0.471 e. The quantitative estimate of drug-likeness (QED) is 0.749. The number of halogens is 5. The second kappa shape index (κ2) is 5.83. The summed E-state index contributed by atoms with van der Waals surface area (Å²) in [7, 11) is 0. The maximum atomic E-state index is 12.0. The number of hydrogen-bond donors (Lipinski definition) is 3. The van der Waals surface area contributed by atoms with Crippen LogP contribution < -0.4 is 10.5 Å². The van der Waals surface area contributed by atoms with Gasteiger partial charge in [-0.1, -0.05) is 29.3 Å². The van der Waals surface area contributed by atoms with Crippen LogP contribution in [0.1, 0.15) is 5.56 Å². The molecule has 106 valence electrons. The van der Waals surface area contributed by atoms with E-state index in [-0.39, 0.29) is 20.8 Å². The Kier molecular flexibility index (Phi) is 4.86. The third-order valence-electron chi connectivity index (χ3n) is 2.04. The lowest BCUT2D eigenvalue weighted by molar-refractivity contribution is -0.173. The van der Waals surface area contributed by atoms with Crippen LogP contribution in [0, 0.1) is 0 Å². The van der Waals surface area contributed by atoms with Crippen LogP contribution in [-0.2, 0) is 11.3 Å². The van der Waals surface area contributed by atoms with Crippen molar-refractivity contribution in [3.05, 3.63) is 27.7 Å². The Morgan fingerprint density at radius 1 is 1.32 bits per heavy atom. The van der Waals surface area contributed by atoms with Crippen molar-refractivity contribution in [3.63, 3.8) is 0 Å². The van der Waals surface area contributed by atoms with Crippen molar-refractivity contribution in [2.75, 3.05) is 5.23 Å². The monoisotopic (exact) mass is 318 g/mol. The van der Waals surface area contributed by atoms with Crippen molar-refractivity contribution >= 4 is 34.8 Å². The van der Waals surface area contributed by atoms with Gasteiger partial charge in [0.1, 0.15) is 5.69 Å². The summed E-state index contributed by atoms with van der Waals surface area (Å²) in [6.07, 6.45) is -5.01. The highest BCUT2D eigenvalue weighted by molar-refractivity contribution is 6.39. The standard InChI is InChI=1S/C9H7Cl2F3N2O3/c10-5-2-1-4(6(11)7(5)16(18)19)3-15-8(17)9(12,13)14/h1-2,18-19H,3H2,(H,15,17). The minimum absolute atomic E-state index is 0.0340. The largest absolute Gasteiger partial charge is 0.471 e.